The van der Waals surface area contributed by atoms with E-state index in [1.54, 1.807) is 13.2 Å². The highest BCUT2D eigenvalue weighted by Gasteiger charge is 2.12. The van der Waals surface area contributed by atoms with Crippen LogP contribution in [0.4, 0.5) is 5.69 Å². The molecule has 0 saturated carbocycles. The minimum Gasteiger partial charge on any atom is -0.378 e. The van der Waals surface area contributed by atoms with Gasteiger partial charge in [-0.1, -0.05) is 17.7 Å². The fraction of sp³-hybridized carbons (Fsp3) is 0.333. The van der Waals surface area contributed by atoms with E-state index in [0.717, 1.165) is 21.1 Å². The summed E-state index contributed by atoms with van der Waals surface area (Å²) in [5.74, 6) is -0.0781. The molecule has 1 aromatic heterocycles. The number of nitrogens with one attached hydrogen (secondary N) is 1. The van der Waals surface area contributed by atoms with Crippen LogP contribution in [-0.4, -0.2) is 18.0 Å². The number of methoxy groups -OCH3 is 1. The quantitative estimate of drug-likeness (QED) is 0.911. The molecule has 1 N–H and O–H groups in total. The van der Waals surface area contributed by atoms with Crippen LogP contribution in [0.25, 0.3) is 0 Å². The molecule has 1 heterocycles. The van der Waals surface area contributed by atoms with Crippen LogP contribution in [0.2, 0.25) is 5.02 Å². The lowest BCUT2D eigenvalue weighted by Gasteiger charge is -2.06. The highest BCUT2D eigenvalue weighted by atomic mass is 35.5. The summed E-state index contributed by atoms with van der Waals surface area (Å²) in [6, 6.07) is 5.48. The average Bonchev–Trinajstić information content (AvgIpc) is 2.74. The molecular formula is C15H17ClN2O2S. The van der Waals surface area contributed by atoms with Gasteiger partial charge >= 0.3 is 0 Å². The lowest BCUT2D eigenvalue weighted by molar-refractivity contribution is -0.115. The summed E-state index contributed by atoms with van der Waals surface area (Å²) in [5, 5.41) is 4.38. The Morgan fingerprint density at radius 2 is 2.19 bits per heavy atom. The van der Waals surface area contributed by atoms with Crippen molar-refractivity contribution in [1.29, 1.82) is 0 Å². The number of anilines is 1. The van der Waals surface area contributed by atoms with E-state index in [2.05, 4.69) is 10.3 Å². The zero-order valence-corrected chi connectivity index (χ0v) is 13.8. The number of benzene rings is 1. The van der Waals surface area contributed by atoms with Gasteiger partial charge in [0.15, 0.2) is 0 Å². The molecule has 2 aromatic rings. The second-order valence-electron chi connectivity index (χ2n) is 4.74. The van der Waals surface area contributed by atoms with Gasteiger partial charge in [-0.3, -0.25) is 4.79 Å². The molecule has 0 radical (unpaired) electrons. The van der Waals surface area contributed by atoms with Crippen molar-refractivity contribution >= 4 is 34.5 Å². The Kier molecular flexibility index (Phi) is 5.33. The number of amides is 1. The van der Waals surface area contributed by atoms with Crippen LogP contribution in [0, 0.1) is 13.8 Å². The molecule has 1 aromatic carbocycles. The van der Waals surface area contributed by atoms with Crippen LogP contribution in [-0.2, 0) is 22.6 Å². The topological polar surface area (TPSA) is 51.2 Å². The number of carbonyl (C=O) groups excluding carboxylic acids is 1. The van der Waals surface area contributed by atoms with Crippen LogP contribution in [0.1, 0.15) is 21.1 Å². The summed E-state index contributed by atoms with van der Waals surface area (Å²) in [6.07, 6.45) is 0.304. The van der Waals surface area contributed by atoms with Crippen molar-refractivity contribution in [1.82, 2.24) is 4.98 Å². The van der Waals surface area contributed by atoms with Gasteiger partial charge in [0.1, 0.15) is 5.01 Å². The number of hydrogen-bond acceptors (Lipinski definition) is 4. The number of hydrogen-bond donors (Lipinski definition) is 1. The van der Waals surface area contributed by atoms with Gasteiger partial charge < -0.3 is 10.1 Å². The summed E-state index contributed by atoms with van der Waals surface area (Å²) in [5.41, 5.74) is 2.57. The Morgan fingerprint density at radius 1 is 1.43 bits per heavy atom. The van der Waals surface area contributed by atoms with E-state index < -0.39 is 0 Å². The molecule has 4 nitrogen and oxygen atoms in total. The van der Waals surface area contributed by atoms with Gasteiger partial charge in [0.05, 0.1) is 18.7 Å². The molecule has 0 aliphatic rings. The first-order valence-electron chi connectivity index (χ1n) is 6.49. The summed E-state index contributed by atoms with van der Waals surface area (Å²) < 4.78 is 5.05. The number of ether oxygens (including phenoxy) is 1. The zero-order valence-electron chi connectivity index (χ0n) is 12.2. The predicted molar refractivity (Wildman–Crippen MR) is 86.1 cm³/mol. The van der Waals surface area contributed by atoms with Gasteiger partial charge in [0.2, 0.25) is 5.91 Å². The number of rotatable bonds is 5. The summed E-state index contributed by atoms with van der Waals surface area (Å²) in [4.78, 5) is 17.4. The van der Waals surface area contributed by atoms with Crippen molar-refractivity contribution < 1.29 is 9.53 Å². The van der Waals surface area contributed by atoms with Gasteiger partial charge in [-0.2, -0.15) is 0 Å². The van der Waals surface area contributed by atoms with Gasteiger partial charge in [-0.15, -0.1) is 11.3 Å². The van der Waals surface area contributed by atoms with Crippen molar-refractivity contribution in [3.63, 3.8) is 0 Å². The van der Waals surface area contributed by atoms with Crippen molar-refractivity contribution in [3.05, 3.63) is 44.4 Å². The maximum Gasteiger partial charge on any atom is 0.229 e. The Morgan fingerprint density at radius 3 is 2.86 bits per heavy atom. The zero-order chi connectivity index (χ0) is 15.4. The van der Waals surface area contributed by atoms with Crippen molar-refractivity contribution in [3.8, 4) is 0 Å². The minimum absolute atomic E-state index is 0.0781. The lowest BCUT2D eigenvalue weighted by atomic mass is 10.2. The first-order chi connectivity index (χ1) is 9.99. The van der Waals surface area contributed by atoms with E-state index in [9.17, 15) is 4.79 Å². The van der Waals surface area contributed by atoms with E-state index in [4.69, 9.17) is 16.3 Å². The van der Waals surface area contributed by atoms with E-state index in [1.807, 2.05) is 26.0 Å². The lowest BCUT2D eigenvalue weighted by Crippen LogP contribution is -2.14. The largest absolute Gasteiger partial charge is 0.378 e. The van der Waals surface area contributed by atoms with E-state index in [1.165, 1.54) is 11.3 Å². The third kappa shape index (κ3) is 4.27. The van der Waals surface area contributed by atoms with Crippen LogP contribution in [0.5, 0.6) is 0 Å². The molecule has 0 fully saturated rings. The van der Waals surface area contributed by atoms with E-state index >= 15 is 0 Å². The molecule has 21 heavy (non-hydrogen) atoms. The molecule has 0 aliphatic heterocycles. The molecule has 0 atom stereocenters. The van der Waals surface area contributed by atoms with Gasteiger partial charge in [0, 0.05) is 22.7 Å². The Balaban J connectivity index is 2.02. The molecular weight excluding hydrogens is 308 g/mol. The van der Waals surface area contributed by atoms with Crippen LogP contribution < -0.4 is 5.32 Å². The maximum atomic E-state index is 12.1. The SMILES string of the molecule is COCc1nc(C)c(CC(=O)Nc2ccc(C)c(Cl)c2)s1. The fourth-order valence-electron chi connectivity index (χ4n) is 1.86. The number of halogens is 1. The van der Waals surface area contributed by atoms with Crippen molar-refractivity contribution in [2.75, 3.05) is 12.4 Å². The fourth-order valence-corrected chi connectivity index (χ4v) is 3.08. The monoisotopic (exact) mass is 324 g/mol. The Labute approximate surface area is 133 Å². The summed E-state index contributed by atoms with van der Waals surface area (Å²) >= 11 is 7.55. The standard InChI is InChI=1S/C15H17ClN2O2S/c1-9-4-5-11(6-12(9)16)18-14(19)7-13-10(2)17-15(21-13)8-20-3/h4-6H,7-8H2,1-3H3,(H,18,19). The average molecular weight is 325 g/mol. The Hall–Kier alpha value is -1.43. The molecule has 0 saturated heterocycles. The molecule has 0 bridgehead atoms. The molecule has 112 valence electrons. The number of carbonyl (C=O) groups is 1. The van der Waals surface area contributed by atoms with Gasteiger partial charge in [-0.25, -0.2) is 4.98 Å². The first kappa shape index (κ1) is 15.9. The van der Waals surface area contributed by atoms with E-state index in [0.29, 0.717) is 23.7 Å². The van der Waals surface area contributed by atoms with Gasteiger partial charge in [-0.05, 0) is 31.5 Å². The maximum absolute atomic E-state index is 12.1. The number of nitrogens with zero attached hydrogens (tertiary/aromatic N) is 1. The third-order valence-electron chi connectivity index (χ3n) is 2.98. The molecule has 0 unspecified atom stereocenters. The highest BCUT2D eigenvalue weighted by molar-refractivity contribution is 7.11. The number of thiazole rings is 1. The van der Waals surface area contributed by atoms with Crippen LogP contribution in [0.3, 0.4) is 0 Å². The summed E-state index contributed by atoms with van der Waals surface area (Å²) in [6.45, 7) is 4.30. The summed E-state index contributed by atoms with van der Waals surface area (Å²) in [7, 11) is 1.63. The number of aryl methyl sites for hydroxylation is 2. The molecule has 2 rings (SSSR count). The van der Waals surface area contributed by atoms with Crippen molar-refractivity contribution in [2.45, 2.75) is 26.9 Å². The minimum atomic E-state index is -0.0781. The Bertz CT molecular complexity index is 655. The molecule has 1 amide bonds. The normalized spacial score (nSPS) is 10.7. The van der Waals surface area contributed by atoms with Gasteiger partial charge in [0.25, 0.3) is 0 Å². The number of aromatic nitrogens is 1. The van der Waals surface area contributed by atoms with Crippen molar-refractivity contribution in [2.24, 2.45) is 0 Å². The van der Waals surface area contributed by atoms with E-state index in [-0.39, 0.29) is 5.91 Å². The first-order valence-corrected chi connectivity index (χ1v) is 7.69. The second kappa shape index (κ2) is 7.02. The predicted octanol–water partition coefficient (Wildman–Crippen LogP) is 3.74. The highest BCUT2D eigenvalue weighted by Crippen LogP contribution is 2.22. The molecule has 0 aliphatic carbocycles. The molecule has 0 spiro atoms. The van der Waals surface area contributed by atoms with Crippen LogP contribution in [0.15, 0.2) is 18.2 Å². The molecule has 6 heteroatoms. The third-order valence-corrected chi connectivity index (χ3v) is 4.52. The smallest absolute Gasteiger partial charge is 0.229 e. The van der Waals surface area contributed by atoms with Crippen LogP contribution >= 0.6 is 22.9 Å². The second-order valence-corrected chi connectivity index (χ2v) is 6.31.